The van der Waals surface area contributed by atoms with Gasteiger partial charge in [0.25, 0.3) is 5.91 Å². The van der Waals surface area contributed by atoms with E-state index in [-0.39, 0.29) is 18.4 Å². The maximum Gasteiger partial charge on any atom is 0.252 e. The monoisotopic (exact) mass is 275 g/mol. The van der Waals surface area contributed by atoms with Gasteiger partial charge in [0, 0.05) is 18.7 Å². The first kappa shape index (κ1) is 14.5. The lowest BCUT2D eigenvalue weighted by molar-refractivity contribution is -0.120. The van der Waals surface area contributed by atoms with Gasteiger partial charge in [-0.2, -0.15) is 0 Å². The van der Waals surface area contributed by atoms with Gasteiger partial charge in [-0.25, -0.2) is 0 Å². The summed E-state index contributed by atoms with van der Waals surface area (Å²) in [6.45, 7) is 4.34. The van der Waals surface area contributed by atoms with Crippen LogP contribution in [0, 0.1) is 0 Å². The molecular weight excluding hydrogens is 254 g/mol. The smallest absolute Gasteiger partial charge is 0.252 e. The van der Waals surface area contributed by atoms with E-state index in [4.69, 9.17) is 0 Å². The van der Waals surface area contributed by atoms with Crippen LogP contribution in [0.3, 0.4) is 0 Å². The Kier molecular flexibility index (Phi) is 5.12. The molecule has 1 heterocycles. The van der Waals surface area contributed by atoms with Gasteiger partial charge in [-0.15, -0.1) is 0 Å². The lowest BCUT2D eigenvalue weighted by Crippen LogP contribution is -2.38. The Balaban J connectivity index is 1.97. The molecule has 0 aliphatic carbocycles. The van der Waals surface area contributed by atoms with Crippen LogP contribution in [-0.2, 0) is 17.8 Å². The van der Waals surface area contributed by atoms with Crippen LogP contribution in [0.1, 0.15) is 34.8 Å². The summed E-state index contributed by atoms with van der Waals surface area (Å²) in [5, 5.41) is 8.71. The first-order valence-electron chi connectivity index (χ1n) is 7.08. The van der Waals surface area contributed by atoms with Crippen molar-refractivity contribution in [3.8, 4) is 0 Å². The summed E-state index contributed by atoms with van der Waals surface area (Å²) < 4.78 is 0. The molecule has 0 saturated carbocycles. The van der Waals surface area contributed by atoms with Gasteiger partial charge in [0.2, 0.25) is 5.91 Å². The fourth-order valence-corrected chi connectivity index (χ4v) is 2.33. The second-order valence-electron chi connectivity index (χ2n) is 4.90. The molecule has 5 nitrogen and oxygen atoms in total. The third-order valence-corrected chi connectivity index (χ3v) is 3.37. The van der Waals surface area contributed by atoms with Crippen LogP contribution >= 0.6 is 0 Å². The SMILES string of the molecule is CCCNC(=O)CNC(=O)c1cccc2c1CCNC2. The van der Waals surface area contributed by atoms with Crippen LogP contribution in [0.4, 0.5) is 0 Å². The maximum absolute atomic E-state index is 12.2. The first-order valence-corrected chi connectivity index (χ1v) is 7.08. The molecule has 108 valence electrons. The van der Waals surface area contributed by atoms with Crippen molar-refractivity contribution in [1.82, 2.24) is 16.0 Å². The van der Waals surface area contributed by atoms with E-state index in [1.807, 2.05) is 25.1 Å². The van der Waals surface area contributed by atoms with Crippen molar-refractivity contribution >= 4 is 11.8 Å². The molecule has 0 spiro atoms. The molecule has 5 heteroatoms. The molecule has 0 atom stereocenters. The van der Waals surface area contributed by atoms with Crippen LogP contribution < -0.4 is 16.0 Å². The summed E-state index contributed by atoms with van der Waals surface area (Å²) in [4.78, 5) is 23.7. The highest BCUT2D eigenvalue weighted by atomic mass is 16.2. The molecule has 1 aliphatic rings. The fraction of sp³-hybridized carbons (Fsp3) is 0.467. The van der Waals surface area contributed by atoms with Gasteiger partial charge in [0.15, 0.2) is 0 Å². The second-order valence-corrected chi connectivity index (χ2v) is 4.90. The molecular formula is C15H21N3O2. The van der Waals surface area contributed by atoms with Gasteiger partial charge in [-0.1, -0.05) is 19.1 Å². The van der Waals surface area contributed by atoms with E-state index in [1.165, 1.54) is 5.56 Å². The van der Waals surface area contributed by atoms with E-state index >= 15 is 0 Å². The van der Waals surface area contributed by atoms with Crippen molar-refractivity contribution in [2.75, 3.05) is 19.6 Å². The van der Waals surface area contributed by atoms with Crippen LogP contribution in [0.25, 0.3) is 0 Å². The highest BCUT2D eigenvalue weighted by molar-refractivity contribution is 5.98. The number of amides is 2. The number of fused-ring (bicyclic) bond motifs is 1. The number of carbonyl (C=O) groups excluding carboxylic acids is 2. The molecule has 20 heavy (non-hydrogen) atoms. The average Bonchev–Trinajstić information content (AvgIpc) is 2.50. The van der Waals surface area contributed by atoms with Crippen molar-refractivity contribution in [2.45, 2.75) is 26.3 Å². The van der Waals surface area contributed by atoms with Crippen LogP contribution in [0.2, 0.25) is 0 Å². The molecule has 0 bridgehead atoms. The van der Waals surface area contributed by atoms with Gasteiger partial charge in [-0.05, 0) is 36.6 Å². The Morgan fingerprint density at radius 1 is 1.30 bits per heavy atom. The molecule has 0 radical (unpaired) electrons. The Bertz CT molecular complexity index is 500. The molecule has 1 aromatic carbocycles. The Labute approximate surface area is 119 Å². The third-order valence-electron chi connectivity index (χ3n) is 3.37. The lowest BCUT2D eigenvalue weighted by Gasteiger charge is -2.19. The van der Waals surface area contributed by atoms with Crippen LogP contribution in [0.5, 0.6) is 0 Å². The number of rotatable bonds is 5. The summed E-state index contributed by atoms with van der Waals surface area (Å²) in [6.07, 6.45) is 1.74. The minimum Gasteiger partial charge on any atom is -0.355 e. The van der Waals surface area contributed by atoms with E-state index < -0.39 is 0 Å². The van der Waals surface area contributed by atoms with Gasteiger partial charge in [-0.3, -0.25) is 9.59 Å². The molecule has 1 aliphatic heterocycles. The van der Waals surface area contributed by atoms with Gasteiger partial charge >= 0.3 is 0 Å². The number of hydrogen-bond acceptors (Lipinski definition) is 3. The predicted octanol–water partition coefficient (Wildman–Crippen LogP) is 0.588. The van der Waals surface area contributed by atoms with E-state index in [9.17, 15) is 9.59 Å². The van der Waals surface area contributed by atoms with Crippen molar-refractivity contribution < 1.29 is 9.59 Å². The normalized spacial score (nSPS) is 13.4. The molecule has 2 rings (SSSR count). The minimum absolute atomic E-state index is 0.0285. The average molecular weight is 275 g/mol. The summed E-state index contributed by atoms with van der Waals surface area (Å²) in [5.41, 5.74) is 2.95. The Morgan fingerprint density at radius 3 is 2.95 bits per heavy atom. The third kappa shape index (κ3) is 3.57. The Morgan fingerprint density at radius 2 is 2.15 bits per heavy atom. The summed E-state index contributed by atoms with van der Waals surface area (Å²) in [7, 11) is 0. The highest BCUT2D eigenvalue weighted by Gasteiger charge is 2.17. The first-order chi connectivity index (χ1) is 9.72. The van der Waals surface area contributed by atoms with Crippen LogP contribution in [0.15, 0.2) is 18.2 Å². The van der Waals surface area contributed by atoms with Crippen molar-refractivity contribution in [1.29, 1.82) is 0 Å². The number of carbonyl (C=O) groups is 2. The molecule has 2 amide bonds. The summed E-state index contributed by atoms with van der Waals surface area (Å²) in [6, 6.07) is 5.74. The van der Waals surface area contributed by atoms with E-state index in [0.717, 1.165) is 31.5 Å². The standard InChI is InChI=1S/C15H21N3O2/c1-2-7-17-14(19)10-18-15(20)13-5-3-4-11-9-16-8-6-12(11)13/h3-5,16H,2,6-10H2,1H3,(H,17,19)(H,18,20). The van der Waals surface area contributed by atoms with Crippen LogP contribution in [-0.4, -0.2) is 31.4 Å². The second kappa shape index (κ2) is 7.05. The lowest BCUT2D eigenvalue weighted by atomic mass is 9.95. The zero-order chi connectivity index (χ0) is 14.4. The predicted molar refractivity (Wildman–Crippen MR) is 77.5 cm³/mol. The largest absolute Gasteiger partial charge is 0.355 e. The molecule has 0 aromatic heterocycles. The van der Waals surface area contributed by atoms with Crippen molar-refractivity contribution in [2.24, 2.45) is 0 Å². The molecule has 0 fully saturated rings. The van der Waals surface area contributed by atoms with Crippen molar-refractivity contribution in [3.63, 3.8) is 0 Å². The summed E-state index contributed by atoms with van der Waals surface area (Å²) >= 11 is 0. The van der Waals surface area contributed by atoms with E-state index in [2.05, 4.69) is 16.0 Å². The summed E-state index contributed by atoms with van der Waals surface area (Å²) in [5.74, 6) is -0.318. The molecule has 1 aromatic rings. The fourth-order valence-electron chi connectivity index (χ4n) is 2.33. The highest BCUT2D eigenvalue weighted by Crippen LogP contribution is 2.18. The minimum atomic E-state index is -0.171. The number of hydrogen-bond donors (Lipinski definition) is 3. The van der Waals surface area contributed by atoms with Gasteiger partial charge in [0.1, 0.15) is 0 Å². The number of nitrogens with one attached hydrogen (secondary N) is 3. The van der Waals surface area contributed by atoms with E-state index in [0.29, 0.717) is 12.1 Å². The zero-order valence-corrected chi connectivity index (χ0v) is 11.8. The van der Waals surface area contributed by atoms with Gasteiger partial charge < -0.3 is 16.0 Å². The molecule has 0 unspecified atom stereocenters. The maximum atomic E-state index is 12.2. The number of benzene rings is 1. The topological polar surface area (TPSA) is 70.2 Å². The Hall–Kier alpha value is -1.88. The van der Waals surface area contributed by atoms with Crippen molar-refractivity contribution in [3.05, 3.63) is 34.9 Å². The van der Waals surface area contributed by atoms with Gasteiger partial charge in [0.05, 0.1) is 6.54 Å². The quantitative estimate of drug-likeness (QED) is 0.736. The molecule has 3 N–H and O–H groups in total. The zero-order valence-electron chi connectivity index (χ0n) is 11.8. The van der Waals surface area contributed by atoms with E-state index in [1.54, 1.807) is 0 Å². The molecule has 0 saturated heterocycles.